The van der Waals surface area contributed by atoms with E-state index >= 15 is 0 Å². The number of aryl methyl sites for hydroxylation is 1. The zero-order chi connectivity index (χ0) is 22.0. The third kappa shape index (κ3) is 4.40. The molecule has 1 aliphatic rings. The standard InChI is InChI=1S/C23H27N5O2S/c1-16-21(17(2)28(25-16)18-8-5-4-6-9-18)22-23(30)24-11-12-27(22)15-20(29)26(3)14-19-10-7-13-31-19/h4-10,13,22H,11-12,14-15H2,1-3H3,(H,24,30)/t22-/m0/s1. The molecule has 0 unspecified atom stereocenters. The zero-order valence-corrected chi connectivity index (χ0v) is 18.9. The third-order valence-corrected chi connectivity index (χ3v) is 6.53. The van der Waals surface area contributed by atoms with Gasteiger partial charge >= 0.3 is 0 Å². The fourth-order valence-electron chi connectivity index (χ4n) is 4.09. The summed E-state index contributed by atoms with van der Waals surface area (Å²) in [5.74, 6) is -0.0855. The van der Waals surface area contributed by atoms with Crippen molar-refractivity contribution in [1.82, 2.24) is 24.9 Å². The lowest BCUT2D eigenvalue weighted by Gasteiger charge is -2.35. The van der Waals surface area contributed by atoms with Crippen molar-refractivity contribution in [3.8, 4) is 5.69 Å². The molecular weight excluding hydrogens is 410 g/mol. The predicted molar refractivity (Wildman–Crippen MR) is 121 cm³/mol. The number of thiophene rings is 1. The van der Waals surface area contributed by atoms with Crippen LogP contribution in [0.1, 0.15) is 27.9 Å². The van der Waals surface area contributed by atoms with E-state index < -0.39 is 6.04 Å². The molecule has 1 N–H and O–H groups in total. The first-order chi connectivity index (χ1) is 15.0. The summed E-state index contributed by atoms with van der Waals surface area (Å²) in [6.45, 7) is 5.81. The van der Waals surface area contributed by atoms with Gasteiger partial charge in [0.2, 0.25) is 11.8 Å². The molecule has 1 aromatic carbocycles. The molecule has 0 radical (unpaired) electrons. The molecule has 4 rings (SSSR count). The van der Waals surface area contributed by atoms with Gasteiger partial charge in [-0.15, -0.1) is 11.3 Å². The van der Waals surface area contributed by atoms with Crippen molar-refractivity contribution in [1.29, 1.82) is 0 Å². The summed E-state index contributed by atoms with van der Waals surface area (Å²) in [5.41, 5.74) is 3.53. The van der Waals surface area contributed by atoms with Gasteiger partial charge < -0.3 is 10.2 Å². The van der Waals surface area contributed by atoms with Crippen LogP contribution in [-0.2, 0) is 16.1 Å². The van der Waals surface area contributed by atoms with Gasteiger partial charge in [0.25, 0.3) is 0 Å². The Hall–Kier alpha value is -2.97. The average molecular weight is 438 g/mol. The lowest BCUT2D eigenvalue weighted by atomic mass is 10.00. The highest BCUT2D eigenvalue weighted by Gasteiger charge is 2.36. The Bertz CT molecular complexity index is 1060. The Morgan fingerprint density at radius 3 is 2.71 bits per heavy atom. The van der Waals surface area contributed by atoms with E-state index in [2.05, 4.69) is 5.32 Å². The highest BCUT2D eigenvalue weighted by Crippen LogP contribution is 2.30. The van der Waals surface area contributed by atoms with Gasteiger partial charge in [0, 0.05) is 36.3 Å². The second kappa shape index (κ2) is 9.03. The number of nitrogens with one attached hydrogen (secondary N) is 1. The predicted octanol–water partition coefficient (Wildman–Crippen LogP) is 2.68. The second-order valence-corrected chi connectivity index (χ2v) is 8.86. The minimum absolute atomic E-state index is 0.00106. The molecule has 7 nitrogen and oxygen atoms in total. The number of likely N-dealkylation sites (N-methyl/N-ethyl adjacent to an activating group) is 1. The maximum atomic E-state index is 13.0. The van der Waals surface area contributed by atoms with E-state index in [9.17, 15) is 9.59 Å². The molecule has 8 heteroatoms. The Balaban J connectivity index is 1.59. The fourth-order valence-corrected chi connectivity index (χ4v) is 4.85. The quantitative estimate of drug-likeness (QED) is 0.644. The maximum absolute atomic E-state index is 13.0. The average Bonchev–Trinajstić information content (AvgIpc) is 3.37. The van der Waals surface area contributed by atoms with Crippen LogP contribution >= 0.6 is 11.3 Å². The maximum Gasteiger partial charge on any atom is 0.242 e. The molecule has 1 saturated heterocycles. The summed E-state index contributed by atoms with van der Waals surface area (Å²) in [4.78, 5) is 30.7. The third-order valence-electron chi connectivity index (χ3n) is 5.67. The van der Waals surface area contributed by atoms with Crippen molar-refractivity contribution in [3.63, 3.8) is 0 Å². The van der Waals surface area contributed by atoms with Crippen molar-refractivity contribution in [2.75, 3.05) is 26.7 Å². The first-order valence-electron chi connectivity index (χ1n) is 10.4. The number of piperazine rings is 1. The minimum atomic E-state index is -0.537. The molecule has 1 aliphatic heterocycles. The van der Waals surface area contributed by atoms with Crippen LogP contribution in [0.25, 0.3) is 5.69 Å². The summed E-state index contributed by atoms with van der Waals surface area (Å²) in [7, 11) is 1.81. The van der Waals surface area contributed by atoms with Crippen LogP contribution in [0.5, 0.6) is 0 Å². The summed E-state index contributed by atoms with van der Waals surface area (Å²) < 4.78 is 1.87. The van der Waals surface area contributed by atoms with Crippen LogP contribution in [0.2, 0.25) is 0 Å². The molecular formula is C23H27N5O2S. The van der Waals surface area contributed by atoms with Gasteiger partial charge in [0.1, 0.15) is 6.04 Å². The van der Waals surface area contributed by atoms with E-state index in [1.807, 2.05) is 78.3 Å². The number of amides is 2. The zero-order valence-electron chi connectivity index (χ0n) is 18.0. The number of nitrogens with zero attached hydrogens (tertiary/aromatic N) is 4. The smallest absolute Gasteiger partial charge is 0.242 e. The molecule has 1 fully saturated rings. The highest BCUT2D eigenvalue weighted by molar-refractivity contribution is 7.09. The van der Waals surface area contributed by atoms with Crippen molar-refractivity contribution >= 4 is 23.2 Å². The van der Waals surface area contributed by atoms with Gasteiger partial charge in [0.15, 0.2) is 0 Å². The molecule has 3 heterocycles. The monoisotopic (exact) mass is 437 g/mol. The van der Waals surface area contributed by atoms with Crippen molar-refractivity contribution in [3.05, 3.63) is 69.7 Å². The lowest BCUT2D eigenvalue weighted by Crippen LogP contribution is -2.53. The molecule has 0 saturated carbocycles. The van der Waals surface area contributed by atoms with Crippen molar-refractivity contribution < 1.29 is 9.59 Å². The van der Waals surface area contributed by atoms with Gasteiger partial charge in [-0.1, -0.05) is 24.3 Å². The molecule has 0 bridgehead atoms. The number of benzene rings is 1. The van der Waals surface area contributed by atoms with E-state index in [0.717, 1.165) is 27.5 Å². The van der Waals surface area contributed by atoms with Gasteiger partial charge in [-0.2, -0.15) is 5.10 Å². The van der Waals surface area contributed by atoms with E-state index in [1.165, 1.54) is 0 Å². The Labute approximate surface area is 186 Å². The van der Waals surface area contributed by atoms with Crippen molar-refractivity contribution in [2.24, 2.45) is 0 Å². The summed E-state index contributed by atoms with van der Waals surface area (Å²) in [5, 5.41) is 9.68. The SMILES string of the molecule is Cc1nn(-c2ccccc2)c(C)c1[C@H]1C(=O)NCCN1CC(=O)N(C)Cc1cccs1. The number of rotatable bonds is 6. The summed E-state index contributed by atoms with van der Waals surface area (Å²) in [6.07, 6.45) is 0. The highest BCUT2D eigenvalue weighted by atomic mass is 32.1. The van der Waals surface area contributed by atoms with Crippen LogP contribution in [0.15, 0.2) is 47.8 Å². The summed E-state index contributed by atoms with van der Waals surface area (Å²) in [6, 6.07) is 13.3. The number of hydrogen-bond acceptors (Lipinski definition) is 5. The first kappa shape index (κ1) is 21.3. The topological polar surface area (TPSA) is 70.5 Å². The fraction of sp³-hybridized carbons (Fsp3) is 0.348. The molecule has 31 heavy (non-hydrogen) atoms. The number of aromatic nitrogens is 2. The van der Waals surface area contributed by atoms with Crippen LogP contribution in [0, 0.1) is 13.8 Å². The van der Waals surface area contributed by atoms with Crippen LogP contribution in [0.4, 0.5) is 0 Å². The van der Waals surface area contributed by atoms with Gasteiger partial charge in [-0.05, 0) is 37.4 Å². The second-order valence-electron chi connectivity index (χ2n) is 7.83. The van der Waals surface area contributed by atoms with Crippen LogP contribution in [-0.4, -0.2) is 58.1 Å². The Morgan fingerprint density at radius 1 is 1.23 bits per heavy atom. The van der Waals surface area contributed by atoms with Crippen LogP contribution in [0.3, 0.4) is 0 Å². The van der Waals surface area contributed by atoms with Crippen molar-refractivity contribution in [2.45, 2.75) is 26.4 Å². The number of carbonyl (C=O) groups excluding carboxylic acids is 2. The first-order valence-corrected chi connectivity index (χ1v) is 11.2. The van der Waals surface area contributed by atoms with Gasteiger partial charge in [-0.25, -0.2) is 4.68 Å². The molecule has 2 amide bonds. The lowest BCUT2D eigenvalue weighted by molar-refractivity contribution is -0.136. The largest absolute Gasteiger partial charge is 0.353 e. The molecule has 2 aromatic heterocycles. The molecule has 0 spiro atoms. The van der Waals surface area contributed by atoms with E-state index in [4.69, 9.17) is 5.10 Å². The molecule has 162 valence electrons. The summed E-state index contributed by atoms with van der Waals surface area (Å²) >= 11 is 1.63. The van der Waals surface area contributed by atoms with Gasteiger partial charge in [-0.3, -0.25) is 14.5 Å². The normalized spacial score (nSPS) is 16.9. The number of para-hydroxylation sites is 1. The number of carbonyl (C=O) groups is 2. The van der Waals surface area contributed by atoms with E-state index in [1.54, 1.807) is 16.2 Å². The van der Waals surface area contributed by atoms with Gasteiger partial charge in [0.05, 0.1) is 24.5 Å². The Kier molecular flexibility index (Phi) is 6.20. The molecule has 1 atom stereocenters. The number of hydrogen-bond donors (Lipinski definition) is 1. The van der Waals surface area contributed by atoms with E-state index in [-0.39, 0.29) is 18.4 Å². The molecule has 0 aliphatic carbocycles. The minimum Gasteiger partial charge on any atom is -0.353 e. The van der Waals surface area contributed by atoms with Crippen LogP contribution < -0.4 is 5.32 Å². The molecule has 3 aromatic rings. The van der Waals surface area contributed by atoms with E-state index in [0.29, 0.717) is 19.6 Å². The Morgan fingerprint density at radius 2 is 2.00 bits per heavy atom.